The number of nitrogens with zero attached hydrogens (tertiary/aromatic N) is 1. The van der Waals surface area contributed by atoms with E-state index in [9.17, 15) is 8.42 Å². The predicted molar refractivity (Wildman–Crippen MR) is 107 cm³/mol. The number of hydrogen-bond donors (Lipinski definition) is 1. The highest BCUT2D eigenvalue weighted by atomic mass is 32.2. The van der Waals surface area contributed by atoms with Gasteiger partial charge in [0.05, 0.1) is 12.0 Å². The summed E-state index contributed by atoms with van der Waals surface area (Å²) in [7, 11) is -1.93. The maximum atomic E-state index is 13.3. The standard InChI is InChI=1S/C21H24N2O3S/c1-15-12-18(9-10-21(15)26-2)27(24,25)23-11-5-6-17(23)13-16-14-22-20-8-4-3-7-19(16)20/h3-4,7-10,12,14,17,22H,5-6,11,13H2,1-2H3. The third kappa shape index (κ3) is 3.24. The van der Waals surface area contributed by atoms with Crippen LogP contribution >= 0.6 is 0 Å². The normalized spacial score (nSPS) is 18.2. The minimum atomic E-state index is -3.52. The van der Waals surface area contributed by atoms with Gasteiger partial charge in [-0.1, -0.05) is 18.2 Å². The van der Waals surface area contributed by atoms with E-state index in [1.807, 2.05) is 31.3 Å². The number of para-hydroxylation sites is 1. The van der Waals surface area contributed by atoms with Crippen molar-refractivity contribution < 1.29 is 13.2 Å². The summed E-state index contributed by atoms with van der Waals surface area (Å²) >= 11 is 0. The second-order valence-electron chi connectivity index (χ2n) is 7.11. The highest BCUT2D eigenvalue weighted by Gasteiger charge is 2.35. The molecule has 142 valence electrons. The number of nitrogens with one attached hydrogen (secondary N) is 1. The van der Waals surface area contributed by atoms with Crippen LogP contribution in [-0.2, 0) is 16.4 Å². The molecule has 1 N–H and O–H groups in total. The van der Waals surface area contributed by atoms with E-state index in [2.05, 4.69) is 11.1 Å². The summed E-state index contributed by atoms with van der Waals surface area (Å²) in [5.41, 5.74) is 3.08. The van der Waals surface area contributed by atoms with E-state index in [0.29, 0.717) is 17.2 Å². The van der Waals surface area contributed by atoms with Crippen LogP contribution in [0.2, 0.25) is 0 Å². The number of aromatic amines is 1. The summed E-state index contributed by atoms with van der Waals surface area (Å²) in [6.07, 6.45) is 4.50. The Labute approximate surface area is 160 Å². The number of aryl methyl sites for hydroxylation is 1. The molecule has 0 spiro atoms. The molecule has 0 radical (unpaired) electrons. The van der Waals surface area contributed by atoms with Gasteiger partial charge >= 0.3 is 0 Å². The lowest BCUT2D eigenvalue weighted by Gasteiger charge is -2.24. The fourth-order valence-corrected chi connectivity index (χ4v) is 5.81. The zero-order valence-corrected chi connectivity index (χ0v) is 16.4. The molecular formula is C21H24N2O3S. The van der Waals surface area contributed by atoms with Crippen LogP contribution in [0.4, 0.5) is 0 Å². The average Bonchev–Trinajstić information content (AvgIpc) is 3.30. The largest absolute Gasteiger partial charge is 0.496 e. The van der Waals surface area contributed by atoms with Gasteiger partial charge in [-0.2, -0.15) is 4.31 Å². The lowest BCUT2D eigenvalue weighted by molar-refractivity contribution is 0.386. The molecule has 1 aliphatic heterocycles. The van der Waals surface area contributed by atoms with Crippen LogP contribution in [0.1, 0.15) is 24.0 Å². The molecular weight excluding hydrogens is 360 g/mol. The van der Waals surface area contributed by atoms with Gasteiger partial charge in [0.15, 0.2) is 0 Å². The van der Waals surface area contributed by atoms with Crippen molar-refractivity contribution in [2.24, 2.45) is 0 Å². The number of fused-ring (bicyclic) bond motifs is 1. The monoisotopic (exact) mass is 384 g/mol. The molecule has 0 bridgehead atoms. The lowest BCUT2D eigenvalue weighted by Crippen LogP contribution is -2.36. The quantitative estimate of drug-likeness (QED) is 0.726. The lowest BCUT2D eigenvalue weighted by atomic mass is 10.0. The molecule has 1 saturated heterocycles. The molecule has 1 atom stereocenters. The van der Waals surface area contributed by atoms with Crippen molar-refractivity contribution in [1.29, 1.82) is 0 Å². The highest BCUT2D eigenvalue weighted by molar-refractivity contribution is 7.89. The van der Waals surface area contributed by atoms with Gasteiger partial charge < -0.3 is 9.72 Å². The first-order valence-electron chi connectivity index (χ1n) is 9.22. The summed E-state index contributed by atoms with van der Waals surface area (Å²) < 4.78 is 33.5. The predicted octanol–water partition coefficient (Wildman–Crippen LogP) is 3.88. The Kier molecular flexibility index (Phi) is 4.70. The first-order valence-corrected chi connectivity index (χ1v) is 10.7. The smallest absolute Gasteiger partial charge is 0.243 e. The van der Waals surface area contributed by atoms with Crippen LogP contribution in [0.25, 0.3) is 10.9 Å². The van der Waals surface area contributed by atoms with Crippen LogP contribution in [0, 0.1) is 6.92 Å². The van der Waals surface area contributed by atoms with Crippen molar-refractivity contribution in [2.45, 2.75) is 37.1 Å². The summed E-state index contributed by atoms with van der Waals surface area (Å²) in [6, 6.07) is 13.2. The summed E-state index contributed by atoms with van der Waals surface area (Å²) in [5, 5.41) is 1.17. The number of methoxy groups -OCH3 is 1. The van der Waals surface area contributed by atoms with Gasteiger partial charge in [0, 0.05) is 29.7 Å². The summed E-state index contributed by atoms with van der Waals surface area (Å²) in [5.74, 6) is 0.700. The van der Waals surface area contributed by atoms with E-state index in [4.69, 9.17) is 4.74 Å². The Morgan fingerprint density at radius 1 is 1.22 bits per heavy atom. The molecule has 1 aliphatic rings. The maximum Gasteiger partial charge on any atom is 0.243 e. The Morgan fingerprint density at radius 3 is 2.81 bits per heavy atom. The topological polar surface area (TPSA) is 62.4 Å². The molecule has 0 amide bonds. The molecule has 0 aliphatic carbocycles. The van der Waals surface area contributed by atoms with E-state index in [1.165, 1.54) is 10.9 Å². The Hall–Kier alpha value is -2.31. The molecule has 2 heterocycles. The molecule has 27 heavy (non-hydrogen) atoms. The number of hydrogen-bond acceptors (Lipinski definition) is 3. The molecule has 0 saturated carbocycles. The molecule has 5 nitrogen and oxygen atoms in total. The first kappa shape index (κ1) is 18.1. The second-order valence-corrected chi connectivity index (χ2v) is 9.00. The first-order chi connectivity index (χ1) is 13.0. The van der Waals surface area contributed by atoms with Crippen molar-refractivity contribution >= 4 is 20.9 Å². The highest BCUT2D eigenvalue weighted by Crippen LogP contribution is 2.31. The SMILES string of the molecule is COc1ccc(S(=O)(=O)N2CCCC2Cc2c[nH]c3ccccc23)cc1C. The maximum absolute atomic E-state index is 13.3. The number of benzene rings is 2. The van der Waals surface area contributed by atoms with Gasteiger partial charge in [-0.05, 0) is 61.6 Å². The van der Waals surface area contributed by atoms with Gasteiger partial charge in [0.25, 0.3) is 0 Å². The minimum Gasteiger partial charge on any atom is -0.496 e. The zero-order valence-electron chi connectivity index (χ0n) is 15.6. The molecule has 6 heteroatoms. The van der Waals surface area contributed by atoms with Gasteiger partial charge in [0.1, 0.15) is 5.75 Å². The second kappa shape index (κ2) is 7.02. The van der Waals surface area contributed by atoms with Crippen molar-refractivity contribution in [3.63, 3.8) is 0 Å². The molecule has 1 aromatic heterocycles. The number of sulfonamides is 1. The summed E-state index contributed by atoms with van der Waals surface area (Å²) in [4.78, 5) is 3.63. The fraction of sp³-hybridized carbons (Fsp3) is 0.333. The van der Waals surface area contributed by atoms with Crippen molar-refractivity contribution in [3.05, 3.63) is 59.8 Å². The molecule has 2 aromatic carbocycles. The molecule has 4 rings (SSSR count). The van der Waals surface area contributed by atoms with Crippen molar-refractivity contribution in [3.8, 4) is 5.75 Å². The van der Waals surface area contributed by atoms with Crippen molar-refractivity contribution in [1.82, 2.24) is 9.29 Å². The van der Waals surface area contributed by atoms with E-state index < -0.39 is 10.0 Å². The molecule has 3 aromatic rings. The molecule has 1 unspecified atom stereocenters. The van der Waals surface area contributed by atoms with Crippen molar-refractivity contribution in [2.75, 3.05) is 13.7 Å². The van der Waals surface area contributed by atoms with Crippen LogP contribution in [0.3, 0.4) is 0 Å². The average molecular weight is 385 g/mol. The molecule has 1 fully saturated rings. The van der Waals surface area contributed by atoms with Gasteiger partial charge in [-0.15, -0.1) is 0 Å². The number of aromatic nitrogens is 1. The fourth-order valence-electron chi connectivity index (χ4n) is 4.03. The Morgan fingerprint density at radius 2 is 2.04 bits per heavy atom. The van der Waals surface area contributed by atoms with Gasteiger partial charge in [-0.25, -0.2) is 8.42 Å². The third-order valence-electron chi connectivity index (χ3n) is 5.43. The number of ether oxygens (including phenoxy) is 1. The number of H-pyrrole nitrogens is 1. The van der Waals surface area contributed by atoms with Gasteiger partial charge in [-0.3, -0.25) is 0 Å². The van der Waals surface area contributed by atoms with Crippen LogP contribution < -0.4 is 4.74 Å². The van der Waals surface area contributed by atoms with E-state index in [-0.39, 0.29) is 6.04 Å². The van der Waals surface area contributed by atoms with Gasteiger partial charge in [0.2, 0.25) is 10.0 Å². The van der Waals surface area contributed by atoms with Crippen LogP contribution in [0.15, 0.2) is 53.6 Å². The third-order valence-corrected chi connectivity index (χ3v) is 7.37. The van der Waals surface area contributed by atoms with Crippen LogP contribution in [0.5, 0.6) is 5.75 Å². The van der Waals surface area contributed by atoms with Crippen LogP contribution in [-0.4, -0.2) is 37.4 Å². The number of rotatable bonds is 5. The minimum absolute atomic E-state index is 0.0170. The van der Waals surface area contributed by atoms with E-state index >= 15 is 0 Å². The van der Waals surface area contributed by atoms with E-state index in [1.54, 1.807) is 29.6 Å². The Balaban J connectivity index is 1.63. The van der Waals surface area contributed by atoms with E-state index in [0.717, 1.165) is 30.3 Å². The Bertz CT molecular complexity index is 1070. The zero-order chi connectivity index (χ0) is 19.0. The summed E-state index contributed by atoms with van der Waals surface area (Å²) in [6.45, 7) is 2.44.